The minimum atomic E-state index is -1.04. The summed E-state index contributed by atoms with van der Waals surface area (Å²) < 4.78 is 5.07. The maximum absolute atomic E-state index is 12.8. The molecule has 1 unspecified atom stereocenters. The Hall–Kier alpha value is -3.27. The number of nitrogens with zero attached hydrogens (tertiary/aromatic N) is 1. The van der Waals surface area contributed by atoms with Crippen molar-refractivity contribution in [2.24, 2.45) is 5.92 Å². The van der Waals surface area contributed by atoms with E-state index in [4.69, 9.17) is 9.57 Å². The number of carbonyl (C=O) groups excluding carboxylic acids is 3. The maximum atomic E-state index is 12.8. The number of hydroxylamine groups is 1. The van der Waals surface area contributed by atoms with Crippen molar-refractivity contribution in [1.29, 1.82) is 0 Å². The molecule has 3 atom stereocenters. The Morgan fingerprint density at radius 3 is 2.47 bits per heavy atom. The molecule has 1 aliphatic heterocycles. The monoisotopic (exact) mass is 469 g/mol. The van der Waals surface area contributed by atoms with E-state index in [0.717, 1.165) is 10.6 Å². The zero-order valence-electron chi connectivity index (χ0n) is 19.3. The lowest BCUT2D eigenvalue weighted by atomic mass is 10.0. The highest BCUT2D eigenvalue weighted by Crippen LogP contribution is 2.17. The Balaban J connectivity index is 1.61. The summed E-state index contributed by atoms with van der Waals surface area (Å²) in [6.45, 7) is 4.50. The number of hydrogen-bond acceptors (Lipinski definition) is 6. The van der Waals surface area contributed by atoms with E-state index in [1.54, 1.807) is 24.3 Å². The van der Waals surface area contributed by atoms with Crippen LogP contribution in [-0.4, -0.2) is 48.3 Å². The smallest absolute Gasteiger partial charge is 0.251 e. The van der Waals surface area contributed by atoms with Gasteiger partial charge in [-0.3, -0.25) is 19.2 Å². The summed E-state index contributed by atoms with van der Waals surface area (Å²) in [5.41, 5.74) is 1.72. The van der Waals surface area contributed by atoms with Crippen molar-refractivity contribution in [2.75, 3.05) is 11.7 Å². The molecule has 3 amide bonds. The summed E-state index contributed by atoms with van der Waals surface area (Å²) in [5.74, 6) is -0.626. The number of hydrogen-bond donors (Lipinski definition) is 3. The molecule has 1 aliphatic rings. The van der Waals surface area contributed by atoms with E-state index >= 15 is 0 Å². The van der Waals surface area contributed by atoms with Crippen LogP contribution in [0, 0.1) is 5.92 Å². The van der Waals surface area contributed by atoms with Crippen LogP contribution in [0.4, 0.5) is 5.69 Å². The summed E-state index contributed by atoms with van der Waals surface area (Å²) in [6, 6.07) is 14.5. The third-order valence-electron chi connectivity index (χ3n) is 5.41. The fourth-order valence-electron chi connectivity index (χ4n) is 3.59. The predicted octanol–water partition coefficient (Wildman–Crippen LogP) is 2.15. The van der Waals surface area contributed by atoms with E-state index < -0.39 is 24.3 Å². The number of anilines is 1. The van der Waals surface area contributed by atoms with Crippen LogP contribution >= 0.6 is 0 Å². The fourth-order valence-corrected chi connectivity index (χ4v) is 3.59. The van der Waals surface area contributed by atoms with Gasteiger partial charge < -0.3 is 20.5 Å². The molecule has 1 saturated heterocycles. The zero-order chi connectivity index (χ0) is 24.5. The van der Waals surface area contributed by atoms with E-state index in [9.17, 15) is 19.5 Å². The molecule has 0 bridgehead atoms. The highest BCUT2D eigenvalue weighted by Gasteiger charge is 2.31. The Morgan fingerprint density at radius 2 is 1.88 bits per heavy atom. The highest BCUT2D eigenvalue weighted by molar-refractivity contribution is 5.98. The van der Waals surface area contributed by atoms with Gasteiger partial charge in [-0.25, -0.2) is 0 Å². The number of amides is 3. The number of benzene rings is 2. The first-order valence-corrected chi connectivity index (χ1v) is 11.3. The molecule has 0 spiro atoms. The predicted molar refractivity (Wildman–Crippen MR) is 125 cm³/mol. The first-order chi connectivity index (χ1) is 16.4. The molecule has 0 aromatic heterocycles. The molecule has 182 valence electrons. The number of ether oxygens (including phenoxy) is 1. The third-order valence-corrected chi connectivity index (χ3v) is 5.41. The van der Waals surface area contributed by atoms with Crippen LogP contribution in [0.2, 0.25) is 0 Å². The number of carbonyl (C=O) groups is 3. The largest absolute Gasteiger partial charge is 0.366 e. The summed E-state index contributed by atoms with van der Waals surface area (Å²) in [5, 5.41) is 16.4. The van der Waals surface area contributed by atoms with Crippen LogP contribution in [0.25, 0.3) is 0 Å². The van der Waals surface area contributed by atoms with Gasteiger partial charge in [-0.15, -0.1) is 0 Å². The average molecular weight is 470 g/mol. The first kappa shape index (κ1) is 25.4. The Bertz CT molecular complexity index is 951. The van der Waals surface area contributed by atoms with Gasteiger partial charge >= 0.3 is 0 Å². The van der Waals surface area contributed by atoms with Crippen molar-refractivity contribution >= 4 is 23.9 Å². The summed E-state index contributed by atoms with van der Waals surface area (Å²) >= 11 is 0. The summed E-state index contributed by atoms with van der Waals surface area (Å²) in [6.07, 6.45) is 0.459. The van der Waals surface area contributed by atoms with E-state index in [-0.39, 0.29) is 18.4 Å². The Morgan fingerprint density at radius 1 is 1.18 bits per heavy atom. The van der Waals surface area contributed by atoms with Crippen LogP contribution in [-0.2, 0) is 25.8 Å². The summed E-state index contributed by atoms with van der Waals surface area (Å²) in [7, 11) is 0. The molecule has 0 saturated carbocycles. The fraction of sp³-hybridized carbons (Fsp3) is 0.400. The van der Waals surface area contributed by atoms with Crippen molar-refractivity contribution in [3.63, 3.8) is 0 Å². The number of aliphatic hydroxyl groups is 1. The topological polar surface area (TPSA) is 117 Å². The van der Waals surface area contributed by atoms with Crippen LogP contribution in [0.3, 0.4) is 0 Å². The van der Waals surface area contributed by atoms with Crippen LogP contribution in [0.5, 0.6) is 0 Å². The van der Waals surface area contributed by atoms with E-state index in [0.29, 0.717) is 37.1 Å². The average Bonchev–Trinajstić information content (AvgIpc) is 3.24. The molecule has 3 rings (SSSR count). The second-order valence-corrected chi connectivity index (χ2v) is 8.56. The standard InChI is InChI=1S/C25H31N3O6/c1-17(2)14-22(24(31)26-21-12-13-33-25(21)32)27-23(30)19-8-10-20(11-9-19)28(16-29)34-15-18-6-4-3-5-7-18/h3-11,16-17,21-22,25,32H,12-15H2,1-2H3,(H,26,31)(H,27,30)/t21-,22-,25?/m0/s1. The molecule has 1 heterocycles. The van der Waals surface area contributed by atoms with Crippen molar-refractivity contribution < 1.29 is 29.1 Å². The molecular formula is C25H31N3O6. The van der Waals surface area contributed by atoms with Crippen molar-refractivity contribution in [2.45, 2.75) is 51.7 Å². The Labute approximate surface area is 199 Å². The van der Waals surface area contributed by atoms with Gasteiger partial charge in [0.2, 0.25) is 12.3 Å². The van der Waals surface area contributed by atoms with Crippen LogP contribution in [0.1, 0.15) is 42.6 Å². The molecule has 2 aromatic carbocycles. The second-order valence-electron chi connectivity index (χ2n) is 8.56. The molecular weight excluding hydrogens is 438 g/mol. The number of aliphatic hydroxyl groups excluding tert-OH is 1. The molecule has 2 aromatic rings. The minimum absolute atomic E-state index is 0.158. The quantitative estimate of drug-likeness (QED) is 0.343. The van der Waals surface area contributed by atoms with E-state index in [1.165, 1.54) is 0 Å². The molecule has 1 fully saturated rings. The minimum Gasteiger partial charge on any atom is -0.366 e. The SMILES string of the molecule is CC(C)C[C@H](NC(=O)c1ccc(N(C=O)OCc2ccccc2)cc1)C(=O)N[C@H]1CCOC1O. The van der Waals surface area contributed by atoms with E-state index in [2.05, 4.69) is 10.6 Å². The number of rotatable bonds is 11. The summed E-state index contributed by atoms with van der Waals surface area (Å²) in [4.78, 5) is 42.6. The van der Waals surface area contributed by atoms with E-state index in [1.807, 2.05) is 44.2 Å². The van der Waals surface area contributed by atoms with Crippen molar-refractivity contribution in [1.82, 2.24) is 10.6 Å². The van der Waals surface area contributed by atoms with Crippen molar-refractivity contribution in [3.8, 4) is 0 Å². The van der Waals surface area contributed by atoms with Crippen LogP contribution < -0.4 is 15.7 Å². The molecule has 0 aliphatic carbocycles. The van der Waals surface area contributed by atoms with Gasteiger partial charge in [-0.05, 0) is 48.6 Å². The highest BCUT2D eigenvalue weighted by atomic mass is 16.7. The van der Waals surface area contributed by atoms with Gasteiger partial charge in [0.25, 0.3) is 5.91 Å². The van der Waals surface area contributed by atoms with Crippen molar-refractivity contribution in [3.05, 3.63) is 65.7 Å². The van der Waals surface area contributed by atoms with Gasteiger partial charge in [0, 0.05) is 5.56 Å². The Kier molecular flexibility index (Phi) is 9.15. The normalized spacial score (nSPS) is 18.4. The zero-order valence-corrected chi connectivity index (χ0v) is 19.3. The molecule has 3 N–H and O–H groups in total. The lowest BCUT2D eigenvalue weighted by Crippen LogP contribution is -2.51. The molecule has 9 nitrogen and oxygen atoms in total. The van der Waals surface area contributed by atoms with Gasteiger partial charge in [-0.1, -0.05) is 44.2 Å². The first-order valence-electron chi connectivity index (χ1n) is 11.3. The van der Waals surface area contributed by atoms with Gasteiger partial charge in [0.15, 0.2) is 6.29 Å². The lowest BCUT2D eigenvalue weighted by molar-refractivity contribution is -0.127. The second kappa shape index (κ2) is 12.3. The van der Waals surface area contributed by atoms with Crippen LogP contribution in [0.15, 0.2) is 54.6 Å². The maximum Gasteiger partial charge on any atom is 0.251 e. The van der Waals surface area contributed by atoms with Gasteiger partial charge in [-0.2, -0.15) is 5.06 Å². The number of nitrogens with one attached hydrogen (secondary N) is 2. The third kappa shape index (κ3) is 7.11. The van der Waals surface area contributed by atoms with Gasteiger partial charge in [0.1, 0.15) is 12.6 Å². The lowest BCUT2D eigenvalue weighted by Gasteiger charge is -2.23. The molecule has 34 heavy (non-hydrogen) atoms. The van der Waals surface area contributed by atoms with Gasteiger partial charge in [0.05, 0.1) is 18.3 Å². The molecule has 9 heteroatoms. The molecule has 0 radical (unpaired) electrons.